The van der Waals surface area contributed by atoms with Crippen molar-refractivity contribution in [2.24, 2.45) is 0 Å². The molecule has 2 aromatic carbocycles. The first-order valence-corrected chi connectivity index (χ1v) is 8.57. The first-order chi connectivity index (χ1) is 12.6. The second kappa shape index (κ2) is 8.30. The van der Waals surface area contributed by atoms with Gasteiger partial charge in [0.05, 0.1) is 5.69 Å². The maximum Gasteiger partial charge on any atom is 0.303 e. The predicted octanol–water partition coefficient (Wildman–Crippen LogP) is 4.65. The second-order valence-corrected chi connectivity index (χ2v) is 6.23. The molecule has 0 aliphatic heterocycles. The van der Waals surface area contributed by atoms with E-state index < -0.39 is 5.97 Å². The number of rotatable bonds is 7. The summed E-state index contributed by atoms with van der Waals surface area (Å²) in [6.07, 6.45) is 0.683. The van der Waals surface area contributed by atoms with Crippen molar-refractivity contribution in [1.29, 1.82) is 0 Å². The van der Waals surface area contributed by atoms with Crippen LogP contribution in [0.15, 0.2) is 66.7 Å². The molecule has 0 amide bonds. The van der Waals surface area contributed by atoms with Gasteiger partial charge >= 0.3 is 5.97 Å². The lowest BCUT2D eigenvalue weighted by Gasteiger charge is -2.08. The van der Waals surface area contributed by atoms with E-state index in [0.29, 0.717) is 18.9 Å². The molecule has 0 saturated heterocycles. The first-order valence-electron chi connectivity index (χ1n) is 8.57. The van der Waals surface area contributed by atoms with Gasteiger partial charge in [-0.05, 0) is 30.5 Å². The van der Waals surface area contributed by atoms with Crippen LogP contribution < -0.4 is 4.74 Å². The Kier molecular flexibility index (Phi) is 5.64. The number of hydrogen-bond acceptors (Lipinski definition) is 3. The number of aliphatic carboxylic acids is 1. The molecule has 3 rings (SSSR count). The molecule has 4 heteroatoms. The second-order valence-electron chi connectivity index (χ2n) is 6.23. The van der Waals surface area contributed by atoms with Gasteiger partial charge < -0.3 is 9.84 Å². The third kappa shape index (κ3) is 4.93. The highest BCUT2D eigenvalue weighted by Crippen LogP contribution is 2.21. The van der Waals surface area contributed by atoms with E-state index in [4.69, 9.17) is 9.84 Å². The van der Waals surface area contributed by atoms with Crippen molar-refractivity contribution in [2.75, 3.05) is 0 Å². The van der Waals surface area contributed by atoms with E-state index in [9.17, 15) is 4.79 Å². The topological polar surface area (TPSA) is 59.4 Å². The average molecular weight is 347 g/mol. The number of pyridine rings is 1. The summed E-state index contributed by atoms with van der Waals surface area (Å²) in [6.45, 7) is 2.48. The minimum absolute atomic E-state index is 0.144. The monoisotopic (exact) mass is 347 g/mol. The smallest absolute Gasteiger partial charge is 0.303 e. The van der Waals surface area contributed by atoms with Crippen LogP contribution in [-0.2, 0) is 17.8 Å². The van der Waals surface area contributed by atoms with Gasteiger partial charge in [0.15, 0.2) is 0 Å². The van der Waals surface area contributed by atoms with E-state index in [1.54, 1.807) is 0 Å². The standard InChI is InChI=1S/C22H21NO3/c1-16-5-12-19(13-6-16)20-3-2-4-21(23-20)26-15-18-9-7-17(8-10-18)11-14-22(24)25/h2-10,12-13H,11,14-15H2,1H3,(H,24,25). The van der Waals surface area contributed by atoms with Crippen LogP contribution >= 0.6 is 0 Å². The number of hydrogen-bond donors (Lipinski definition) is 1. The fraction of sp³-hybridized carbons (Fsp3) is 0.182. The molecule has 0 aliphatic rings. The van der Waals surface area contributed by atoms with Gasteiger partial charge in [-0.1, -0.05) is 60.2 Å². The summed E-state index contributed by atoms with van der Waals surface area (Å²) in [7, 11) is 0. The van der Waals surface area contributed by atoms with Crippen LogP contribution in [0.4, 0.5) is 0 Å². The molecule has 1 heterocycles. The highest BCUT2D eigenvalue weighted by Gasteiger charge is 2.03. The fourth-order valence-electron chi connectivity index (χ4n) is 2.59. The SMILES string of the molecule is Cc1ccc(-c2cccc(OCc3ccc(CCC(=O)O)cc3)n2)cc1. The summed E-state index contributed by atoms with van der Waals surface area (Å²) in [6, 6.07) is 21.8. The number of carboxylic acid groups (broad SMARTS) is 1. The quantitative estimate of drug-likeness (QED) is 0.676. The van der Waals surface area contributed by atoms with Crippen molar-refractivity contribution >= 4 is 5.97 Å². The lowest BCUT2D eigenvalue weighted by Crippen LogP contribution is -1.99. The molecule has 0 radical (unpaired) electrons. The van der Waals surface area contributed by atoms with E-state index in [1.165, 1.54) is 5.56 Å². The maximum atomic E-state index is 10.6. The molecule has 1 N–H and O–H groups in total. The van der Waals surface area contributed by atoms with E-state index in [2.05, 4.69) is 36.2 Å². The molecule has 0 unspecified atom stereocenters. The fourth-order valence-corrected chi connectivity index (χ4v) is 2.59. The van der Waals surface area contributed by atoms with Gasteiger partial charge in [0.1, 0.15) is 6.61 Å². The van der Waals surface area contributed by atoms with Crippen molar-refractivity contribution in [3.05, 3.63) is 83.4 Å². The van der Waals surface area contributed by atoms with Gasteiger partial charge in [0.2, 0.25) is 5.88 Å². The van der Waals surface area contributed by atoms with Crippen LogP contribution in [0.25, 0.3) is 11.3 Å². The first kappa shape index (κ1) is 17.7. The van der Waals surface area contributed by atoms with Crippen molar-refractivity contribution in [3.8, 4) is 17.1 Å². The highest BCUT2D eigenvalue weighted by atomic mass is 16.5. The van der Waals surface area contributed by atoms with Crippen LogP contribution in [0.3, 0.4) is 0 Å². The molecule has 132 valence electrons. The van der Waals surface area contributed by atoms with Crippen molar-refractivity contribution in [2.45, 2.75) is 26.4 Å². The number of carbonyl (C=O) groups is 1. The molecule has 3 aromatic rings. The number of ether oxygens (including phenoxy) is 1. The summed E-state index contributed by atoms with van der Waals surface area (Å²) in [5.41, 5.74) is 5.19. The summed E-state index contributed by atoms with van der Waals surface area (Å²) >= 11 is 0. The Morgan fingerprint density at radius 2 is 1.65 bits per heavy atom. The molecule has 0 saturated carbocycles. The Morgan fingerprint density at radius 1 is 0.962 bits per heavy atom. The van der Waals surface area contributed by atoms with Crippen LogP contribution in [0, 0.1) is 6.92 Å². The van der Waals surface area contributed by atoms with Crippen LogP contribution in [0.2, 0.25) is 0 Å². The number of nitrogens with zero attached hydrogens (tertiary/aromatic N) is 1. The predicted molar refractivity (Wildman–Crippen MR) is 101 cm³/mol. The summed E-state index contributed by atoms with van der Waals surface area (Å²) in [5.74, 6) is -0.199. The molecular weight excluding hydrogens is 326 g/mol. The molecule has 0 spiro atoms. The molecular formula is C22H21NO3. The van der Waals surface area contributed by atoms with Gasteiger partial charge in [0, 0.05) is 18.1 Å². The third-order valence-electron chi connectivity index (χ3n) is 4.11. The summed E-state index contributed by atoms with van der Waals surface area (Å²) in [5, 5.41) is 8.73. The molecule has 4 nitrogen and oxygen atoms in total. The number of benzene rings is 2. The van der Waals surface area contributed by atoms with Crippen LogP contribution in [0.5, 0.6) is 5.88 Å². The zero-order valence-corrected chi connectivity index (χ0v) is 14.7. The van der Waals surface area contributed by atoms with Crippen molar-refractivity contribution in [1.82, 2.24) is 4.98 Å². The molecule has 0 bridgehead atoms. The van der Waals surface area contributed by atoms with E-state index in [-0.39, 0.29) is 6.42 Å². The van der Waals surface area contributed by atoms with Crippen molar-refractivity contribution in [3.63, 3.8) is 0 Å². The lowest BCUT2D eigenvalue weighted by atomic mass is 10.1. The largest absolute Gasteiger partial charge is 0.481 e. The Hall–Kier alpha value is -3.14. The van der Waals surface area contributed by atoms with Crippen LogP contribution in [0.1, 0.15) is 23.1 Å². The number of aryl methyl sites for hydroxylation is 2. The number of aromatic nitrogens is 1. The van der Waals surface area contributed by atoms with Crippen LogP contribution in [-0.4, -0.2) is 16.1 Å². The molecule has 0 atom stereocenters. The minimum atomic E-state index is -0.781. The van der Waals surface area contributed by atoms with Gasteiger partial charge in [-0.2, -0.15) is 0 Å². The van der Waals surface area contributed by atoms with E-state index in [1.807, 2.05) is 42.5 Å². The van der Waals surface area contributed by atoms with E-state index in [0.717, 1.165) is 22.4 Å². The van der Waals surface area contributed by atoms with E-state index >= 15 is 0 Å². The van der Waals surface area contributed by atoms with Crippen molar-refractivity contribution < 1.29 is 14.6 Å². The average Bonchev–Trinajstić information content (AvgIpc) is 2.66. The third-order valence-corrected chi connectivity index (χ3v) is 4.11. The zero-order valence-electron chi connectivity index (χ0n) is 14.7. The summed E-state index contributed by atoms with van der Waals surface area (Å²) < 4.78 is 5.81. The van der Waals surface area contributed by atoms with Gasteiger partial charge in [-0.15, -0.1) is 0 Å². The maximum absolute atomic E-state index is 10.6. The van der Waals surface area contributed by atoms with Gasteiger partial charge in [-0.3, -0.25) is 4.79 Å². The summed E-state index contributed by atoms with van der Waals surface area (Å²) in [4.78, 5) is 15.2. The molecule has 26 heavy (non-hydrogen) atoms. The van der Waals surface area contributed by atoms with Gasteiger partial charge in [-0.25, -0.2) is 4.98 Å². The Morgan fingerprint density at radius 3 is 2.35 bits per heavy atom. The molecule has 0 aliphatic carbocycles. The Balaban J connectivity index is 1.62. The molecule has 0 fully saturated rings. The Bertz CT molecular complexity index is 871. The number of carboxylic acids is 1. The highest BCUT2D eigenvalue weighted by molar-refractivity contribution is 5.67. The lowest BCUT2D eigenvalue weighted by molar-refractivity contribution is -0.136. The minimum Gasteiger partial charge on any atom is -0.481 e. The van der Waals surface area contributed by atoms with Gasteiger partial charge in [0.25, 0.3) is 0 Å². The molecule has 1 aromatic heterocycles. The zero-order chi connectivity index (χ0) is 18.4. The Labute approximate surface area is 153 Å². The normalized spacial score (nSPS) is 10.5.